The Labute approximate surface area is 63.2 Å². The minimum absolute atomic E-state index is 0.797. The Morgan fingerprint density at radius 3 is 2.40 bits per heavy atom. The molecule has 1 heterocycles. The van der Waals surface area contributed by atoms with Crippen LogP contribution in [-0.2, 0) is 0 Å². The van der Waals surface area contributed by atoms with Crippen LogP contribution in [0.25, 0.3) is 0 Å². The van der Waals surface area contributed by atoms with Crippen molar-refractivity contribution >= 4 is 0 Å². The van der Waals surface area contributed by atoms with Crippen LogP contribution in [-0.4, -0.2) is 12.6 Å². The van der Waals surface area contributed by atoms with E-state index in [4.69, 9.17) is 0 Å². The highest BCUT2D eigenvalue weighted by molar-refractivity contribution is 4.86. The van der Waals surface area contributed by atoms with Crippen LogP contribution in [0.3, 0.4) is 0 Å². The minimum Gasteiger partial charge on any atom is -0.314 e. The molecule has 10 heavy (non-hydrogen) atoms. The number of rotatable bonds is 1. The molecule has 0 aromatic heterocycles. The van der Waals surface area contributed by atoms with E-state index in [9.17, 15) is 0 Å². The molecule has 1 nitrogen and oxygen atoms in total. The van der Waals surface area contributed by atoms with Gasteiger partial charge in [0.05, 0.1) is 0 Å². The second-order valence-corrected chi connectivity index (χ2v) is 4.00. The highest BCUT2D eigenvalue weighted by Gasteiger charge is 2.31. The number of hydrogen-bond donors (Lipinski definition) is 1. The molecular weight excluding hydrogens is 122 g/mol. The lowest BCUT2D eigenvalue weighted by molar-refractivity contribution is 0.218. The van der Waals surface area contributed by atoms with Gasteiger partial charge in [-0.1, -0.05) is 19.3 Å². The first-order valence-electron chi connectivity index (χ1n) is 4.59. The van der Waals surface area contributed by atoms with Crippen molar-refractivity contribution in [1.82, 2.24) is 5.32 Å². The molecule has 2 aliphatic rings. The topological polar surface area (TPSA) is 12.0 Å². The molecule has 0 bridgehead atoms. The summed E-state index contributed by atoms with van der Waals surface area (Å²) >= 11 is 0. The van der Waals surface area contributed by atoms with Gasteiger partial charge < -0.3 is 5.32 Å². The van der Waals surface area contributed by atoms with E-state index >= 15 is 0 Å². The molecule has 2 atom stereocenters. The fourth-order valence-electron chi connectivity index (χ4n) is 2.24. The quantitative estimate of drug-likeness (QED) is 0.584. The molecular formula is C9H17N. The Morgan fingerprint density at radius 1 is 1.20 bits per heavy atom. The van der Waals surface area contributed by atoms with E-state index in [-0.39, 0.29) is 0 Å². The highest BCUT2D eigenvalue weighted by atomic mass is 14.9. The van der Waals surface area contributed by atoms with Crippen LogP contribution < -0.4 is 5.32 Å². The third-order valence-electron chi connectivity index (χ3n) is 3.20. The Kier molecular flexibility index (Phi) is 1.69. The zero-order chi connectivity index (χ0) is 6.97. The van der Waals surface area contributed by atoms with Crippen LogP contribution in [0.5, 0.6) is 0 Å². The molecule has 2 rings (SSSR count). The zero-order valence-corrected chi connectivity index (χ0v) is 6.77. The van der Waals surface area contributed by atoms with E-state index in [1.54, 1.807) is 0 Å². The van der Waals surface area contributed by atoms with Crippen LogP contribution in [0.4, 0.5) is 0 Å². The van der Waals surface area contributed by atoms with Gasteiger partial charge in [0.15, 0.2) is 0 Å². The van der Waals surface area contributed by atoms with Crippen molar-refractivity contribution < 1.29 is 0 Å². The third-order valence-corrected chi connectivity index (χ3v) is 3.20. The van der Waals surface area contributed by atoms with Crippen LogP contribution in [0.15, 0.2) is 0 Å². The molecule has 1 aliphatic heterocycles. The maximum absolute atomic E-state index is 3.52. The van der Waals surface area contributed by atoms with E-state index in [0.29, 0.717) is 0 Å². The van der Waals surface area contributed by atoms with E-state index in [1.165, 1.54) is 32.2 Å². The van der Waals surface area contributed by atoms with E-state index in [1.807, 2.05) is 0 Å². The van der Waals surface area contributed by atoms with Gasteiger partial charge in [0, 0.05) is 6.04 Å². The first-order chi connectivity index (χ1) is 4.86. The third kappa shape index (κ3) is 1.07. The van der Waals surface area contributed by atoms with Crippen molar-refractivity contribution in [2.24, 2.45) is 11.8 Å². The Morgan fingerprint density at radius 2 is 2.00 bits per heavy atom. The number of nitrogens with one attached hydrogen (secondary N) is 1. The van der Waals surface area contributed by atoms with Gasteiger partial charge in [0.2, 0.25) is 0 Å². The summed E-state index contributed by atoms with van der Waals surface area (Å²) in [7, 11) is 0. The van der Waals surface area contributed by atoms with Gasteiger partial charge in [0.1, 0.15) is 0 Å². The van der Waals surface area contributed by atoms with Crippen molar-refractivity contribution in [3.63, 3.8) is 0 Å². The van der Waals surface area contributed by atoms with Gasteiger partial charge in [0.25, 0.3) is 0 Å². The monoisotopic (exact) mass is 139 g/mol. The molecule has 1 N–H and O–H groups in total. The lowest BCUT2D eigenvalue weighted by atomic mass is 9.75. The lowest BCUT2D eigenvalue weighted by Gasteiger charge is -2.30. The first kappa shape index (κ1) is 6.66. The largest absolute Gasteiger partial charge is 0.314 e. The van der Waals surface area contributed by atoms with E-state index in [2.05, 4.69) is 12.2 Å². The molecule has 2 fully saturated rings. The fourth-order valence-corrected chi connectivity index (χ4v) is 2.24. The SMILES string of the molecule is CC1CC(C2CCC2)CN1. The number of hydrogen-bond acceptors (Lipinski definition) is 1. The van der Waals surface area contributed by atoms with Gasteiger partial charge in [-0.15, -0.1) is 0 Å². The summed E-state index contributed by atoms with van der Waals surface area (Å²) in [4.78, 5) is 0. The summed E-state index contributed by atoms with van der Waals surface area (Å²) in [5.41, 5.74) is 0. The van der Waals surface area contributed by atoms with Gasteiger partial charge in [-0.2, -0.15) is 0 Å². The molecule has 0 radical (unpaired) electrons. The average Bonchev–Trinajstić information content (AvgIpc) is 2.10. The first-order valence-corrected chi connectivity index (χ1v) is 4.59. The molecule has 1 aliphatic carbocycles. The predicted octanol–water partition coefficient (Wildman–Crippen LogP) is 1.78. The molecule has 2 unspecified atom stereocenters. The normalized spacial score (nSPS) is 41.7. The zero-order valence-electron chi connectivity index (χ0n) is 6.77. The summed E-state index contributed by atoms with van der Waals surface area (Å²) in [5, 5.41) is 3.52. The second kappa shape index (κ2) is 2.54. The summed E-state index contributed by atoms with van der Waals surface area (Å²) in [5.74, 6) is 2.13. The summed E-state index contributed by atoms with van der Waals surface area (Å²) in [6.45, 7) is 3.60. The van der Waals surface area contributed by atoms with Gasteiger partial charge in [-0.3, -0.25) is 0 Å². The minimum atomic E-state index is 0.797. The fraction of sp³-hybridized carbons (Fsp3) is 1.00. The lowest BCUT2D eigenvalue weighted by Crippen LogP contribution is -2.23. The molecule has 0 amide bonds. The maximum Gasteiger partial charge on any atom is 0.00420 e. The summed E-state index contributed by atoms with van der Waals surface area (Å²) in [6.07, 6.45) is 5.96. The second-order valence-electron chi connectivity index (χ2n) is 4.00. The Balaban J connectivity index is 1.82. The Hall–Kier alpha value is -0.0400. The van der Waals surface area contributed by atoms with Crippen molar-refractivity contribution in [2.45, 2.75) is 38.6 Å². The van der Waals surface area contributed by atoms with E-state index < -0.39 is 0 Å². The molecule has 58 valence electrons. The van der Waals surface area contributed by atoms with Crippen LogP contribution in [0.2, 0.25) is 0 Å². The molecule has 1 saturated carbocycles. The maximum atomic E-state index is 3.52. The van der Waals surface area contributed by atoms with Crippen molar-refractivity contribution in [3.05, 3.63) is 0 Å². The van der Waals surface area contributed by atoms with Crippen molar-refractivity contribution in [1.29, 1.82) is 0 Å². The molecule has 1 heteroatoms. The highest BCUT2D eigenvalue weighted by Crippen LogP contribution is 2.37. The molecule has 0 aromatic carbocycles. The molecule has 1 saturated heterocycles. The average molecular weight is 139 g/mol. The van der Waals surface area contributed by atoms with Crippen LogP contribution >= 0.6 is 0 Å². The molecule has 0 aromatic rings. The van der Waals surface area contributed by atoms with Crippen molar-refractivity contribution in [3.8, 4) is 0 Å². The van der Waals surface area contributed by atoms with E-state index in [0.717, 1.165) is 17.9 Å². The van der Waals surface area contributed by atoms with Crippen molar-refractivity contribution in [2.75, 3.05) is 6.54 Å². The van der Waals surface area contributed by atoms with Gasteiger partial charge >= 0.3 is 0 Å². The predicted molar refractivity (Wildman–Crippen MR) is 42.9 cm³/mol. The Bertz CT molecular complexity index is 118. The summed E-state index contributed by atoms with van der Waals surface area (Å²) in [6, 6.07) is 0.797. The van der Waals surface area contributed by atoms with Crippen LogP contribution in [0, 0.1) is 11.8 Å². The van der Waals surface area contributed by atoms with Gasteiger partial charge in [-0.25, -0.2) is 0 Å². The summed E-state index contributed by atoms with van der Waals surface area (Å²) < 4.78 is 0. The van der Waals surface area contributed by atoms with Crippen LogP contribution in [0.1, 0.15) is 32.6 Å². The smallest absolute Gasteiger partial charge is 0.00420 e. The standard InChI is InChI=1S/C9H17N/c1-7-5-9(6-10-7)8-3-2-4-8/h7-10H,2-6H2,1H3. The van der Waals surface area contributed by atoms with Gasteiger partial charge in [-0.05, 0) is 31.7 Å². The molecule has 0 spiro atoms.